The van der Waals surface area contributed by atoms with E-state index in [0.29, 0.717) is 0 Å². The zero-order valence-electron chi connectivity index (χ0n) is 10.9. The fourth-order valence-electron chi connectivity index (χ4n) is 1.93. The summed E-state index contributed by atoms with van der Waals surface area (Å²) in [7, 11) is 0. The lowest BCUT2D eigenvalue weighted by molar-refractivity contribution is -0.385. The molecule has 0 saturated heterocycles. The minimum Gasteiger partial charge on any atom is -0.431 e. The first-order valence-corrected chi connectivity index (χ1v) is 6.07. The number of aromatic nitrogens is 2. The molecular formula is C14H7F2N3O3. The van der Waals surface area contributed by atoms with Gasteiger partial charge >= 0.3 is 5.69 Å². The standard InChI is InChI=1S/C14H7F2N3O3/c15-8-4-5-12(11(6-8)19(20)21)22-14-9-2-1-3-10(16)13(9)17-7-18-14/h1-7H. The number of nitro benzene ring substituents is 1. The number of para-hydroxylation sites is 1. The van der Waals surface area contributed by atoms with Gasteiger partial charge in [-0.2, -0.15) is 0 Å². The van der Waals surface area contributed by atoms with Gasteiger partial charge in [0.25, 0.3) is 0 Å². The van der Waals surface area contributed by atoms with Crippen molar-refractivity contribution in [2.24, 2.45) is 0 Å². The van der Waals surface area contributed by atoms with Crippen molar-refractivity contribution in [3.63, 3.8) is 0 Å². The minimum atomic E-state index is -0.775. The predicted octanol–water partition coefficient (Wildman–Crippen LogP) is 3.61. The Morgan fingerprint density at radius 1 is 1.14 bits per heavy atom. The van der Waals surface area contributed by atoms with Gasteiger partial charge in [-0.3, -0.25) is 10.1 Å². The van der Waals surface area contributed by atoms with E-state index in [-0.39, 0.29) is 22.5 Å². The smallest absolute Gasteiger partial charge is 0.314 e. The first kappa shape index (κ1) is 13.8. The molecule has 3 aromatic rings. The Hall–Kier alpha value is -3.16. The quantitative estimate of drug-likeness (QED) is 0.545. The highest BCUT2D eigenvalue weighted by molar-refractivity contribution is 5.84. The van der Waals surface area contributed by atoms with E-state index >= 15 is 0 Å². The second kappa shape index (κ2) is 5.32. The van der Waals surface area contributed by atoms with E-state index in [0.717, 1.165) is 24.5 Å². The van der Waals surface area contributed by atoms with E-state index in [4.69, 9.17) is 4.74 Å². The average Bonchev–Trinajstić information content (AvgIpc) is 2.50. The lowest BCUT2D eigenvalue weighted by atomic mass is 10.2. The Bertz CT molecular complexity index is 886. The summed E-state index contributed by atoms with van der Waals surface area (Å²) in [6, 6.07) is 7.04. The zero-order chi connectivity index (χ0) is 15.7. The number of ether oxygens (including phenoxy) is 1. The molecule has 1 heterocycles. The Kier molecular flexibility index (Phi) is 3.34. The molecule has 1 aromatic heterocycles. The van der Waals surface area contributed by atoms with Crippen LogP contribution in [0.25, 0.3) is 10.9 Å². The summed E-state index contributed by atoms with van der Waals surface area (Å²) in [5, 5.41) is 11.2. The molecule has 3 rings (SSSR count). The number of nitrogens with zero attached hydrogens (tertiary/aromatic N) is 3. The topological polar surface area (TPSA) is 78.2 Å². The van der Waals surface area contributed by atoms with Crippen LogP contribution in [0, 0.1) is 21.7 Å². The Labute approximate surface area is 122 Å². The molecule has 0 aliphatic heterocycles. The highest BCUT2D eigenvalue weighted by atomic mass is 19.1. The molecule has 0 aliphatic rings. The molecule has 0 atom stereocenters. The first-order chi connectivity index (χ1) is 10.6. The van der Waals surface area contributed by atoms with Gasteiger partial charge in [-0.05, 0) is 24.3 Å². The molecule has 0 saturated carbocycles. The van der Waals surface area contributed by atoms with Gasteiger partial charge in [0.15, 0.2) is 0 Å². The second-order valence-electron chi connectivity index (χ2n) is 4.29. The third-order valence-corrected chi connectivity index (χ3v) is 2.90. The highest BCUT2D eigenvalue weighted by Gasteiger charge is 2.19. The number of benzene rings is 2. The van der Waals surface area contributed by atoms with Gasteiger partial charge in [-0.1, -0.05) is 6.07 Å². The van der Waals surface area contributed by atoms with E-state index in [2.05, 4.69) is 9.97 Å². The first-order valence-electron chi connectivity index (χ1n) is 6.07. The van der Waals surface area contributed by atoms with Gasteiger partial charge in [0, 0.05) is 0 Å². The Morgan fingerprint density at radius 2 is 1.95 bits per heavy atom. The van der Waals surface area contributed by atoms with E-state index < -0.39 is 22.2 Å². The number of rotatable bonds is 3. The molecule has 22 heavy (non-hydrogen) atoms. The predicted molar refractivity (Wildman–Crippen MR) is 72.6 cm³/mol. The molecule has 0 aliphatic carbocycles. The summed E-state index contributed by atoms with van der Waals surface area (Å²) < 4.78 is 32.1. The maximum absolute atomic E-state index is 13.7. The van der Waals surface area contributed by atoms with Gasteiger partial charge in [0.05, 0.1) is 16.4 Å². The molecule has 0 spiro atoms. The summed E-state index contributed by atoms with van der Waals surface area (Å²) >= 11 is 0. The van der Waals surface area contributed by atoms with Crippen molar-refractivity contribution >= 4 is 16.6 Å². The van der Waals surface area contributed by atoms with Crippen LogP contribution in [-0.2, 0) is 0 Å². The maximum atomic E-state index is 13.7. The summed E-state index contributed by atoms with van der Waals surface area (Å²) in [5.41, 5.74) is -0.527. The van der Waals surface area contributed by atoms with E-state index in [1.807, 2.05) is 0 Å². The minimum absolute atomic E-state index is 0.0252. The highest BCUT2D eigenvalue weighted by Crippen LogP contribution is 2.33. The number of nitro groups is 1. The van der Waals surface area contributed by atoms with Crippen LogP contribution in [0.1, 0.15) is 0 Å². The van der Waals surface area contributed by atoms with E-state index in [1.54, 1.807) is 0 Å². The van der Waals surface area contributed by atoms with Gasteiger partial charge in [-0.25, -0.2) is 18.7 Å². The number of hydrogen-bond acceptors (Lipinski definition) is 5. The maximum Gasteiger partial charge on any atom is 0.314 e. The third-order valence-electron chi connectivity index (χ3n) is 2.90. The van der Waals surface area contributed by atoms with Crippen molar-refractivity contribution in [3.05, 3.63) is 64.5 Å². The van der Waals surface area contributed by atoms with Crippen molar-refractivity contribution in [1.29, 1.82) is 0 Å². The molecule has 110 valence electrons. The lowest BCUT2D eigenvalue weighted by Crippen LogP contribution is -1.97. The molecule has 6 nitrogen and oxygen atoms in total. The van der Waals surface area contributed by atoms with Crippen LogP contribution in [0.4, 0.5) is 14.5 Å². The molecule has 0 bridgehead atoms. The van der Waals surface area contributed by atoms with Crippen LogP contribution in [0.3, 0.4) is 0 Å². The molecular weight excluding hydrogens is 296 g/mol. The van der Waals surface area contributed by atoms with Crippen molar-refractivity contribution < 1.29 is 18.4 Å². The van der Waals surface area contributed by atoms with Crippen molar-refractivity contribution in [2.45, 2.75) is 0 Å². The van der Waals surface area contributed by atoms with Gasteiger partial charge < -0.3 is 4.74 Å². The number of hydrogen-bond donors (Lipinski definition) is 0. The average molecular weight is 303 g/mol. The van der Waals surface area contributed by atoms with Gasteiger partial charge in [-0.15, -0.1) is 0 Å². The number of fused-ring (bicyclic) bond motifs is 1. The fourth-order valence-corrected chi connectivity index (χ4v) is 1.93. The van der Waals surface area contributed by atoms with E-state index in [1.165, 1.54) is 18.2 Å². The molecule has 0 amide bonds. The molecule has 2 aromatic carbocycles. The van der Waals surface area contributed by atoms with Crippen LogP contribution < -0.4 is 4.74 Å². The summed E-state index contributed by atoms with van der Waals surface area (Å²) in [5.74, 6) is -1.59. The van der Waals surface area contributed by atoms with Crippen LogP contribution in [0.5, 0.6) is 11.6 Å². The van der Waals surface area contributed by atoms with Gasteiger partial charge in [0.1, 0.15) is 23.5 Å². The fraction of sp³-hybridized carbons (Fsp3) is 0. The summed E-state index contributed by atoms with van der Waals surface area (Å²) in [6.45, 7) is 0. The largest absolute Gasteiger partial charge is 0.431 e. The Morgan fingerprint density at radius 3 is 2.73 bits per heavy atom. The monoisotopic (exact) mass is 303 g/mol. The van der Waals surface area contributed by atoms with Crippen molar-refractivity contribution in [3.8, 4) is 11.6 Å². The normalized spacial score (nSPS) is 10.6. The van der Waals surface area contributed by atoms with Crippen LogP contribution >= 0.6 is 0 Å². The zero-order valence-corrected chi connectivity index (χ0v) is 10.9. The van der Waals surface area contributed by atoms with Crippen molar-refractivity contribution in [2.75, 3.05) is 0 Å². The SMILES string of the molecule is O=[N+]([O-])c1cc(F)ccc1Oc1ncnc2c(F)cccc12. The molecule has 0 radical (unpaired) electrons. The molecule has 0 fully saturated rings. The molecule has 8 heteroatoms. The summed E-state index contributed by atoms with van der Waals surface area (Å²) in [4.78, 5) is 17.8. The third kappa shape index (κ3) is 2.41. The molecule has 0 N–H and O–H groups in total. The second-order valence-corrected chi connectivity index (χ2v) is 4.29. The number of halogens is 2. The van der Waals surface area contributed by atoms with Crippen LogP contribution in [0.15, 0.2) is 42.7 Å². The summed E-state index contributed by atoms with van der Waals surface area (Å²) in [6.07, 6.45) is 1.08. The van der Waals surface area contributed by atoms with Gasteiger partial charge in [0.2, 0.25) is 11.6 Å². The van der Waals surface area contributed by atoms with E-state index in [9.17, 15) is 18.9 Å². The Balaban J connectivity index is 2.12. The lowest BCUT2D eigenvalue weighted by Gasteiger charge is -2.08. The molecule has 0 unspecified atom stereocenters. The van der Waals surface area contributed by atoms with Crippen LogP contribution in [-0.4, -0.2) is 14.9 Å². The van der Waals surface area contributed by atoms with Crippen molar-refractivity contribution in [1.82, 2.24) is 9.97 Å². The van der Waals surface area contributed by atoms with Crippen LogP contribution in [0.2, 0.25) is 0 Å².